The zero-order chi connectivity index (χ0) is 15.1. The molecule has 0 unspecified atom stereocenters. The number of nitrogens with one attached hydrogen (secondary N) is 1. The molecule has 1 amide bonds. The number of rotatable bonds is 3. The van der Waals surface area contributed by atoms with Crippen molar-refractivity contribution in [2.75, 3.05) is 25.5 Å². The van der Waals surface area contributed by atoms with Crippen molar-refractivity contribution in [3.63, 3.8) is 0 Å². The molecule has 1 saturated heterocycles. The fourth-order valence-corrected chi connectivity index (χ4v) is 2.81. The number of nitrogens with two attached hydrogens (primary N) is 1. The van der Waals surface area contributed by atoms with Gasteiger partial charge in [-0.05, 0) is 44.9 Å². The van der Waals surface area contributed by atoms with Crippen LogP contribution in [0.25, 0.3) is 0 Å². The predicted molar refractivity (Wildman–Crippen MR) is 84.9 cm³/mol. The summed E-state index contributed by atoms with van der Waals surface area (Å²) in [7, 11) is 1.50. The second-order valence-corrected chi connectivity index (χ2v) is 5.59. The highest BCUT2D eigenvalue weighted by atomic mass is 16.2. The van der Waals surface area contributed by atoms with Gasteiger partial charge in [-0.1, -0.05) is 12.5 Å². The molecule has 0 bridgehead atoms. The van der Waals surface area contributed by atoms with Crippen LogP contribution in [0.1, 0.15) is 32.1 Å². The first-order valence-electron chi connectivity index (χ1n) is 7.87. The molecule has 1 aliphatic carbocycles. The maximum Gasteiger partial charge on any atom is 0.225 e. The summed E-state index contributed by atoms with van der Waals surface area (Å²) in [6, 6.07) is 6.35. The Balaban J connectivity index is 0.000000774. The Bertz CT molecular complexity index is 425. The summed E-state index contributed by atoms with van der Waals surface area (Å²) in [5.41, 5.74) is 4.50. The molecule has 2 aliphatic rings. The van der Waals surface area contributed by atoms with E-state index in [1.165, 1.54) is 13.5 Å². The first-order valence-corrected chi connectivity index (χ1v) is 7.87. The average molecular weight is 290 g/mol. The number of likely N-dealkylation sites (tertiary alicyclic amines) is 1. The minimum Gasteiger partial charge on any atom is -0.367 e. The van der Waals surface area contributed by atoms with Gasteiger partial charge in [-0.15, -0.1) is 0 Å². The van der Waals surface area contributed by atoms with E-state index in [9.17, 15) is 4.79 Å². The predicted octanol–water partition coefficient (Wildman–Crippen LogP) is 1.86. The van der Waals surface area contributed by atoms with E-state index in [4.69, 9.17) is 0 Å². The van der Waals surface area contributed by atoms with Crippen molar-refractivity contribution in [2.24, 2.45) is 11.7 Å². The normalized spacial score (nSPS) is 19.2. The summed E-state index contributed by atoms with van der Waals surface area (Å²) in [5.74, 6) is 1.66. The summed E-state index contributed by atoms with van der Waals surface area (Å²) in [6.45, 7) is 1.78. The van der Waals surface area contributed by atoms with Gasteiger partial charge in [0.2, 0.25) is 5.91 Å². The number of carbonyl (C=O) groups is 1. The Morgan fingerprint density at radius 3 is 2.48 bits per heavy atom. The molecule has 21 heavy (non-hydrogen) atoms. The van der Waals surface area contributed by atoms with Crippen molar-refractivity contribution in [3.05, 3.63) is 24.4 Å². The van der Waals surface area contributed by atoms with E-state index in [1.54, 1.807) is 6.20 Å². The molecule has 2 heterocycles. The summed E-state index contributed by atoms with van der Waals surface area (Å²) in [4.78, 5) is 18.5. The quantitative estimate of drug-likeness (QED) is 0.891. The fraction of sp³-hybridized carbons (Fsp3) is 0.625. The molecule has 3 N–H and O–H groups in total. The van der Waals surface area contributed by atoms with Crippen molar-refractivity contribution in [1.82, 2.24) is 9.88 Å². The molecule has 0 spiro atoms. The molecular formula is C16H26N4O. The number of hydrogen-bond acceptors (Lipinski definition) is 4. The summed E-state index contributed by atoms with van der Waals surface area (Å²) >= 11 is 0. The molecule has 0 radical (unpaired) electrons. The third-order valence-corrected chi connectivity index (χ3v) is 4.28. The van der Waals surface area contributed by atoms with Crippen molar-refractivity contribution < 1.29 is 4.79 Å². The van der Waals surface area contributed by atoms with Crippen LogP contribution in [0.5, 0.6) is 0 Å². The third-order valence-electron chi connectivity index (χ3n) is 4.28. The first kappa shape index (κ1) is 15.8. The highest BCUT2D eigenvalue weighted by molar-refractivity contribution is 5.79. The Labute approximate surface area is 126 Å². The summed E-state index contributed by atoms with van der Waals surface area (Å²) in [5, 5.41) is 3.45. The zero-order valence-electron chi connectivity index (χ0n) is 12.8. The summed E-state index contributed by atoms with van der Waals surface area (Å²) in [6.07, 6.45) is 7.28. The highest BCUT2D eigenvalue weighted by Crippen LogP contribution is 2.29. The lowest BCUT2D eigenvalue weighted by Crippen LogP contribution is -2.46. The second-order valence-electron chi connectivity index (χ2n) is 5.59. The smallest absolute Gasteiger partial charge is 0.225 e. The average Bonchev–Trinajstić information content (AvgIpc) is 2.49. The van der Waals surface area contributed by atoms with E-state index >= 15 is 0 Å². The van der Waals surface area contributed by atoms with Crippen LogP contribution in [-0.2, 0) is 4.79 Å². The molecule has 1 aliphatic heterocycles. The standard InChI is InChI=1S/C15H21N3O.CH5N/c19-15(12-4-3-5-12)18-10-7-13(8-11-18)17-14-6-1-2-9-16-14;1-2/h1-2,6,9,12-13H,3-5,7-8,10-11H2,(H,16,17);2H2,1H3. The monoisotopic (exact) mass is 290 g/mol. The number of hydrogen-bond donors (Lipinski definition) is 2. The van der Waals surface area contributed by atoms with Gasteiger partial charge in [0.1, 0.15) is 5.82 Å². The molecule has 1 aromatic heterocycles. The highest BCUT2D eigenvalue weighted by Gasteiger charge is 2.31. The van der Waals surface area contributed by atoms with Crippen LogP contribution in [-0.4, -0.2) is 42.0 Å². The van der Waals surface area contributed by atoms with Crippen LogP contribution < -0.4 is 11.1 Å². The van der Waals surface area contributed by atoms with Gasteiger partial charge < -0.3 is 16.0 Å². The van der Waals surface area contributed by atoms with E-state index in [0.717, 1.165) is 44.6 Å². The first-order chi connectivity index (χ1) is 10.3. The van der Waals surface area contributed by atoms with Gasteiger partial charge in [0, 0.05) is 31.2 Å². The van der Waals surface area contributed by atoms with Gasteiger partial charge in [-0.2, -0.15) is 0 Å². The maximum atomic E-state index is 12.1. The SMILES string of the molecule is CN.O=C(C1CCC1)N1CCC(Nc2ccccn2)CC1. The number of nitrogens with zero attached hydrogens (tertiary/aromatic N) is 2. The Morgan fingerprint density at radius 1 is 1.24 bits per heavy atom. The van der Waals surface area contributed by atoms with Crippen molar-refractivity contribution in [1.29, 1.82) is 0 Å². The van der Waals surface area contributed by atoms with Crippen LogP contribution in [0, 0.1) is 5.92 Å². The topological polar surface area (TPSA) is 71.2 Å². The maximum absolute atomic E-state index is 12.1. The minimum atomic E-state index is 0.334. The lowest BCUT2D eigenvalue weighted by atomic mass is 9.84. The van der Waals surface area contributed by atoms with Gasteiger partial charge in [-0.3, -0.25) is 4.79 Å². The van der Waals surface area contributed by atoms with E-state index in [-0.39, 0.29) is 0 Å². The van der Waals surface area contributed by atoms with E-state index in [0.29, 0.717) is 17.9 Å². The number of aromatic nitrogens is 1. The van der Waals surface area contributed by atoms with E-state index in [1.807, 2.05) is 18.2 Å². The number of carbonyl (C=O) groups excluding carboxylic acids is 1. The van der Waals surface area contributed by atoms with E-state index < -0.39 is 0 Å². The lowest BCUT2D eigenvalue weighted by Gasteiger charge is -2.36. The largest absolute Gasteiger partial charge is 0.367 e. The van der Waals surface area contributed by atoms with Gasteiger partial charge in [-0.25, -0.2) is 4.98 Å². The van der Waals surface area contributed by atoms with Crippen LogP contribution in [0.2, 0.25) is 0 Å². The van der Waals surface area contributed by atoms with Gasteiger partial charge in [0.05, 0.1) is 0 Å². The van der Waals surface area contributed by atoms with Crippen molar-refractivity contribution >= 4 is 11.7 Å². The van der Waals surface area contributed by atoms with Gasteiger partial charge >= 0.3 is 0 Å². The molecular weight excluding hydrogens is 264 g/mol. The molecule has 116 valence electrons. The van der Waals surface area contributed by atoms with Crippen LogP contribution in [0.3, 0.4) is 0 Å². The third kappa shape index (κ3) is 4.17. The second kappa shape index (κ2) is 7.98. The number of piperidine rings is 1. The minimum absolute atomic E-state index is 0.334. The Morgan fingerprint density at radius 2 is 1.95 bits per heavy atom. The number of pyridine rings is 1. The molecule has 2 fully saturated rings. The molecule has 1 aromatic rings. The van der Waals surface area contributed by atoms with Crippen molar-refractivity contribution in [3.8, 4) is 0 Å². The van der Waals surface area contributed by atoms with Crippen LogP contribution in [0.15, 0.2) is 24.4 Å². The molecule has 0 atom stereocenters. The van der Waals surface area contributed by atoms with Gasteiger partial charge in [0.15, 0.2) is 0 Å². The van der Waals surface area contributed by atoms with Crippen LogP contribution >= 0.6 is 0 Å². The fourth-order valence-electron chi connectivity index (χ4n) is 2.81. The Hall–Kier alpha value is -1.62. The van der Waals surface area contributed by atoms with Gasteiger partial charge in [0.25, 0.3) is 0 Å². The van der Waals surface area contributed by atoms with Crippen LogP contribution in [0.4, 0.5) is 5.82 Å². The van der Waals surface area contributed by atoms with Crippen molar-refractivity contribution in [2.45, 2.75) is 38.1 Å². The Kier molecular flexibility index (Phi) is 5.99. The molecule has 1 saturated carbocycles. The summed E-state index contributed by atoms with van der Waals surface area (Å²) < 4.78 is 0. The number of amides is 1. The molecule has 3 rings (SSSR count). The number of anilines is 1. The lowest BCUT2D eigenvalue weighted by molar-refractivity contribution is -0.139. The van der Waals surface area contributed by atoms with E-state index in [2.05, 4.69) is 20.9 Å². The molecule has 0 aromatic carbocycles. The zero-order valence-corrected chi connectivity index (χ0v) is 12.8. The molecule has 5 heteroatoms. The molecule has 5 nitrogen and oxygen atoms in total.